The molecule has 0 bridgehead atoms. The van der Waals surface area contributed by atoms with Crippen LogP contribution in [0.1, 0.15) is 47.2 Å². The van der Waals surface area contributed by atoms with Crippen molar-refractivity contribution in [2.75, 3.05) is 26.3 Å². The molecule has 0 unspecified atom stereocenters. The quantitative estimate of drug-likeness (QED) is 0.679. The first-order valence-electron chi connectivity index (χ1n) is 10.7. The average molecular weight is 408 g/mol. The van der Waals surface area contributed by atoms with E-state index >= 15 is 0 Å². The topological polar surface area (TPSA) is 67.9 Å². The summed E-state index contributed by atoms with van der Waals surface area (Å²) in [5, 5.41) is 2.97. The molecule has 4 rings (SSSR count). The molecule has 1 saturated heterocycles. The third-order valence-corrected chi connectivity index (χ3v) is 5.63. The maximum atomic E-state index is 12.5. The molecule has 1 amide bonds. The summed E-state index contributed by atoms with van der Waals surface area (Å²) in [6.07, 6.45) is 2.86. The average Bonchev–Trinajstić information content (AvgIpc) is 3.29. The Bertz CT molecular complexity index is 906. The summed E-state index contributed by atoms with van der Waals surface area (Å²) in [5.74, 6) is 1.06. The Hall–Kier alpha value is -2.86. The molecule has 0 spiro atoms. The van der Waals surface area contributed by atoms with Gasteiger partial charge in [0, 0.05) is 31.5 Å². The van der Waals surface area contributed by atoms with Crippen LogP contribution in [0.25, 0.3) is 0 Å². The highest BCUT2D eigenvalue weighted by Crippen LogP contribution is 2.31. The van der Waals surface area contributed by atoms with E-state index in [1.807, 2.05) is 12.1 Å². The molecule has 6 nitrogen and oxygen atoms in total. The van der Waals surface area contributed by atoms with Crippen LogP contribution in [0, 0.1) is 0 Å². The van der Waals surface area contributed by atoms with Gasteiger partial charge in [-0.25, -0.2) is 0 Å². The number of benzene rings is 2. The summed E-state index contributed by atoms with van der Waals surface area (Å²) < 4.78 is 11.0. The number of likely N-dealkylation sites (tertiary alicyclic amines) is 1. The van der Waals surface area contributed by atoms with Gasteiger partial charge in [-0.15, -0.1) is 0 Å². The third-order valence-electron chi connectivity index (χ3n) is 5.63. The molecule has 0 atom stereocenters. The lowest BCUT2D eigenvalue weighted by atomic mass is 10.0. The predicted molar refractivity (Wildman–Crippen MR) is 114 cm³/mol. The lowest BCUT2D eigenvalue weighted by molar-refractivity contribution is -0.121. The van der Waals surface area contributed by atoms with Gasteiger partial charge in [-0.05, 0) is 55.3 Å². The fourth-order valence-electron chi connectivity index (χ4n) is 3.94. The molecule has 2 aromatic rings. The zero-order valence-corrected chi connectivity index (χ0v) is 17.2. The van der Waals surface area contributed by atoms with Crippen LogP contribution in [0.2, 0.25) is 0 Å². The van der Waals surface area contributed by atoms with Gasteiger partial charge in [0.1, 0.15) is 13.2 Å². The van der Waals surface area contributed by atoms with Crippen LogP contribution < -0.4 is 14.8 Å². The van der Waals surface area contributed by atoms with Crippen LogP contribution in [0.15, 0.2) is 42.5 Å². The van der Waals surface area contributed by atoms with Crippen molar-refractivity contribution in [1.82, 2.24) is 10.2 Å². The number of ketones is 1. The Kier molecular flexibility index (Phi) is 6.64. The zero-order chi connectivity index (χ0) is 20.8. The zero-order valence-electron chi connectivity index (χ0n) is 17.2. The van der Waals surface area contributed by atoms with Gasteiger partial charge in [-0.2, -0.15) is 0 Å². The molecule has 2 heterocycles. The van der Waals surface area contributed by atoms with Gasteiger partial charge in [0.15, 0.2) is 17.3 Å². The maximum absolute atomic E-state index is 12.5. The fourth-order valence-corrected chi connectivity index (χ4v) is 3.94. The van der Waals surface area contributed by atoms with Crippen LogP contribution in [-0.4, -0.2) is 42.9 Å². The van der Waals surface area contributed by atoms with Crippen molar-refractivity contribution in [2.45, 2.75) is 38.8 Å². The van der Waals surface area contributed by atoms with Crippen molar-refractivity contribution in [1.29, 1.82) is 0 Å². The van der Waals surface area contributed by atoms with Crippen molar-refractivity contribution >= 4 is 11.7 Å². The van der Waals surface area contributed by atoms with Gasteiger partial charge in [-0.3, -0.25) is 14.5 Å². The molecule has 0 radical (unpaired) electrons. The summed E-state index contributed by atoms with van der Waals surface area (Å²) in [6.45, 7) is 4.69. The van der Waals surface area contributed by atoms with Gasteiger partial charge < -0.3 is 14.8 Å². The number of hydrogen-bond acceptors (Lipinski definition) is 5. The van der Waals surface area contributed by atoms with Crippen molar-refractivity contribution < 1.29 is 19.1 Å². The van der Waals surface area contributed by atoms with Gasteiger partial charge in [0.05, 0.1) is 0 Å². The van der Waals surface area contributed by atoms with Crippen LogP contribution >= 0.6 is 0 Å². The SMILES string of the molecule is O=C(CCC(=O)c1ccc2c(c1)OCCO2)NCc1ccccc1CN1CCCC1. The van der Waals surface area contributed by atoms with Crippen molar-refractivity contribution in [3.63, 3.8) is 0 Å². The second kappa shape index (κ2) is 9.76. The third kappa shape index (κ3) is 5.19. The van der Waals surface area contributed by atoms with E-state index in [0.717, 1.165) is 25.2 Å². The number of amides is 1. The van der Waals surface area contributed by atoms with E-state index in [-0.39, 0.29) is 24.5 Å². The fraction of sp³-hybridized carbons (Fsp3) is 0.417. The number of hydrogen-bond donors (Lipinski definition) is 1. The molecule has 0 aromatic heterocycles. The smallest absolute Gasteiger partial charge is 0.220 e. The van der Waals surface area contributed by atoms with Gasteiger partial charge >= 0.3 is 0 Å². The second-order valence-electron chi connectivity index (χ2n) is 7.81. The molecule has 158 valence electrons. The van der Waals surface area contributed by atoms with E-state index in [9.17, 15) is 9.59 Å². The van der Waals surface area contributed by atoms with E-state index < -0.39 is 0 Å². The van der Waals surface area contributed by atoms with E-state index in [4.69, 9.17) is 9.47 Å². The van der Waals surface area contributed by atoms with E-state index in [0.29, 0.717) is 36.8 Å². The Balaban J connectivity index is 1.27. The van der Waals surface area contributed by atoms with Gasteiger partial charge in [0.2, 0.25) is 5.91 Å². The maximum Gasteiger partial charge on any atom is 0.220 e. The van der Waals surface area contributed by atoms with E-state index in [1.165, 1.54) is 18.4 Å². The molecule has 1 fully saturated rings. The van der Waals surface area contributed by atoms with Crippen LogP contribution in [0.3, 0.4) is 0 Å². The van der Waals surface area contributed by atoms with Crippen molar-refractivity contribution in [2.24, 2.45) is 0 Å². The monoisotopic (exact) mass is 408 g/mol. The Labute approximate surface area is 177 Å². The minimum Gasteiger partial charge on any atom is -0.486 e. The second-order valence-corrected chi connectivity index (χ2v) is 7.81. The highest BCUT2D eigenvalue weighted by molar-refractivity contribution is 5.98. The minimum absolute atomic E-state index is 0.0726. The number of ether oxygens (including phenoxy) is 2. The Morgan fingerprint density at radius 1 is 0.900 bits per heavy atom. The van der Waals surface area contributed by atoms with Gasteiger partial charge in [0.25, 0.3) is 0 Å². The number of nitrogens with zero attached hydrogens (tertiary/aromatic N) is 1. The minimum atomic E-state index is -0.114. The molecule has 1 N–H and O–H groups in total. The molecular formula is C24H28N2O4. The molecule has 2 aromatic carbocycles. The molecular weight excluding hydrogens is 380 g/mol. The summed E-state index contributed by atoms with van der Waals surface area (Å²) >= 11 is 0. The van der Waals surface area contributed by atoms with E-state index in [2.05, 4.69) is 22.3 Å². The largest absolute Gasteiger partial charge is 0.486 e. The molecule has 0 aliphatic carbocycles. The summed E-state index contributed by atoms with van der Waals surface area (Å²) in [7, 11) is 0. The normalized spacial score (nSPS) is 15.7. The van der Waals surface area contributed by atoms with Crippen LogP contribution in [-0.2, 0) is 17.9 Å². The summed E-state index contributed by atoms with van der Waals surface area (Å²) in [5.41, 5.74) is 2.94. The number of Topliss-reactive ketones (excluding diaryl/α,β-unsaturated/α-hetero) is 1. The van der Waals surface area contributed by atoms with Crippen molar-refractivity contribution in [3.05, 3.63) is 59.2 Å². The molecule has 0 saturated carbocycles. The lowest BCUT2D eigenvalue weighted by Gasteiger charge is -2.18. The molecule has 30 heavy (non-hydrogen) atoms. The highest BCUT2D eigenvalue weighted by atomic mass is 16.6. The molecule has 2 aliphatic rings. The number of nitrogens with one attached hydrogen (secondary N) is 1. The molecule has 2 aliphatic heterocycles. The first-order valence-corrected chi connectivity index (χ1v) is 10.7. The van der Waals surface area contributed by atoms with Gasteiger partial charge in [-0.1, -0.05) is 24.3 Å². The van der Waals surface area contributed by atoms with Crippen molar-refractivity contribution in [3.8, 4) is 11.5 Å². The summed E-state index contributed by atoms with van der Waals surface area (Å²) in [4.78, 5) is 27.2. The number of carbonyl (C=O) groups excluding carboxylic acids is 2. The first-order chi connectivity index (χ1) is 14.7. The lowest BCUT2D eigenvalue weighted by Crippen LogP contribution is -2.25. The highest BCUT2D eigenvalue weighted by Gasteiger charge is 2.17. The number of fused-ring (bicyclic) bond motifs is 1. The first kappa shape index (κ1) is 20.4. The molecule has 6 heteroatoms. The van der Waals surface area contributed by atoms with E-state index in [1.54, 1.807) is 18.2 Å². The standard InChI is InChI=1S/C24H28N2O4/c27-21(18-7-9-22-23(15-18)30-14-13-29-22)8-10-24(28)25-16-19-5-1-2-6-20(19)17-26-11-3-4-12-26/h1-2,5-7,9,15H,3-4,8,10-14,16-17H2,(H,25,28). The van der Waals surface area contributed by atoms with Crippen LogP contribution in [0.5, 0.6) is 11.5 Å². The summed E-state index contributed by atoms with van der Waals surface area (Å²) in [6, 6.07) is 13.4. The number of carbonyl (C=O) groups is 2. The Morgan fingerprint density at radius 3 is 2.43 bits per heavy atom. The predicted octanol–water partition coefficient (Wildman–Crippen LogP) is 3.33. The number of rotatable bonds is 8. The van der Waals surface area contributed by atoms with Crippen LogP contribution in [0.4, 0.5) is 0 Å². The Morgan fingerprint density at radius 2 is 1.63 bits per heavy atom.